The van der Waals surface area contributed by atoms with Crippen molar-refractivity contribution in [1.29, 1.82) is 0 Å². The lowest BCUT2D eigenvalue weighted by atomic mass is 10.4. The van der Waals surface area contributed by atoms with Crippen molar-refractivity contribution in [3.8, 4) is 0 Å². The molecule has 13 heavy (non-hydrogen) atoms. The van der Waals surface area contributed by atoms with E-state index in [4.69, 9.17) is 0 Å². The van der Waals surface area contributed by atoms with E-state index in [-0.39, 0.29) is 0 Å². The van der Waals surface area contributed by atoms with E-state index < -0.39 is 0 Å². The van der Waals surface area contributed by atoms with Crippen LogP contribution in [0.2, 0.25) is 0 Å². The maximum absolute atomic E-state index is 4.10. The lowest BCUT2D eigenvalue weighted by Crippen LogP contribution is -2.23. The number of nitrogens with one attached hydrogen (secondary N) is 1. The smallest absolute Gasteiger partial charge is 0.147 e. The summed E-state index contributed by atoms with van der Waals surface area (Å²) >= 11 is 0. The molecule has 1 aliphatic rings. The quantitative estimate of drug-likeness (QED) is 0.754. The fourth-order valence-corrected chi connectivity index (χ4v) is 1.35. The molecule has 0 atom stereocenters. The highest BCUT2D eigenvalue weighted by atomic mass is 15.3. The minimum atomic E-state index is 0.504. The highest BCUT2D eigenvalue weighted by Gasteiger charge is 2.25. The molecule has 1 aliphatic carbocycles. The van der Waals surface area contributed by atoms with Crippen LogP contribution in [0.1, 0.15) is 38.6 Å². The summed E-state index contributed by atoms with van der Waals surface area (Å²) in [6.45, 7) is 5.10. The van der Waals surface area contributed by atoms with Gasteiger partial charge in [0.1, 0.15) is 12.2 Å². The van der Waals surface area contributed by atoms with Gasteiger partial charge in [-0.05, 0) is 12.8 Å². The Balaban J connectivity index is 1.98. The van der Waals surface area contributed by atoms with Crippen molar-refractivity contribution in [2.45, 2.75) is 45.3 Å². The molecule has 0 saturated heterocycles. The Morgan fingerprint density at radius 3 is 3.00 bits per heavy atom. The van der Waals surface area contributed by atoms with Gasteiger partial charge in [-0.15, -0.1) is 10.2 Å². The molecule has 4 heteroatoms. The minimum Gasteiger partial charge on any atom is -0.313 e. The molecule has 1 heterocycles. The molecule has 0 amide bonds. The molecule has 4 nitrogen and oxygen atoms in total. The van der Waals surface area contributed by atoms with Crippen LogP contribution < -0.4 is 5.32 Å². The lowest BCUT2D eigenvalue weighted by Gasteiger charge is -2.08. The van der Waals surface area contributed by atoms with Gasteiger partial charge < -0.3 is 9.88 Å². The van der Waals surface area contributed by atoms with Crippen LogP contribution >= 0.6 is 0 Å². The minimum absolute atomic E-state index is 0.504. The van der Waals surface area contributed by atoms with Crippen LogP contribution in [0.4, 0.5) is 0 Å². The molecular weight excluding hydrogens is 164 g/mol. The van der Waals surface area contributed by atoms with Gasteiger partial charge in [0.05, 0.1) is 6.54 Å². The molecule has 1 aromatic heterocycles. The summed E-state index contributed by atoms with van der Waals surface area (Å²) in [5.74, 6) is 1.07. The van der Waals surface area contributed by atoms with Gasteiger partial charge in [0.15, 0.2) is 0 Å². The summed E-state index contributed by atoms with van der Waals surface area (Å²) in [5.41, 5.74) is 0. The van der Waals surface area contributed by atoms with Crippen LogP contribution in [-0.4, -0.2) is 20.8 Å². The summed E-state index contributed by atoms with van der Waals surface area (Å²) in [5, 5.41) is 11.4. The monoisotopic (exact) mass is 180 g/mol. The Morgan fingerprint density at radius 2 is 2.38 bits per heavy atom. The average molecular weight is 180 g/mol. The zero-order valence-corrected chi connectivity index (χ0v) is 8.20. The third-order valence-corrected chi connectivity index (χ3v) is 2.26. The molecule has 0 spiro atoms. The van der Waals surface area contributed by atoms with E-state index in [9.17, 15) is 0 Å². The van der Waals surface area contributed by atoms with Gasteiger partial charge in [0.2, 0.25) is 0 Å². The zero-order valence-electron chi connectivity index (χ0n) is 8.20. The summed E-state index contributed by atoms with van der Waals surface area (Å²) < 4.78 is 2.19. The average Bonchev–Trinajstić information content (AvgIpc) is 2.82. The second-order valence-electron chi connectivity index (χ2n) is 3.92. The number of rotatable bonds is 4. The topological polar surface area (TPSA) is 42.7 Å². The molecule has 0 aliphatic heterocycles. The summed E-state index contributed by atoms with van der Waals surface area (Å²) in [4.78, 5) is 0. The Kier molecular flexibility index (Phi) is 2.31. The standard InChI is InChI=1S/C9H16N4/c1-7(2)10-5-9-12-11-6-13(9)8-3-4-8/h6-8,10H,3-5H2,1-2H3. The molecule has 1 N–H and O–H groups in total. The van der Waals surface area contributed by atoms with Crippen LogP contribution in [0, 0.1) is 0 Å². The third kappa shape index (κ3) is 2.06. The number of nitrogens with zero attached hydrogens (tertiary/aromatic N) is 3. The normalized spacial score (nSPS) is 16.8. The van der Waals surface area contributed by atoms with Crippen LogP contribution in [-0.2, 0) is 6.54 Å². The largest absolute Gasteiger partial charge is 0.313 e. The lowest BCUT2D eigenvalue weighted by molar-refractivity contribution is 0.547. The van der Waals surface area contributed by atoms with Crippen LogP contribution in [0.25, 0.3) is 0 Å². The highest BCUT2D eigenvalue weighted by molar-refractivity contribution is 4.94. The van der Waals surface area contributed by atoms with E-state index in [1.807, 2.05) is 6.33 Å². The molecule has 0 unspecified atom stereocenters. The zero-order chi connectivity index (χ0) is 9.26. The number of hydrogen-bond donors (Lipinski definition) is 1. The maximum atomic E-state index is 4.10. The van der Waals surface area contributed by atoms with Crippen molar-refractivity contribution in [3.63, 3.8) is 0 Å². The molecular formula is C9H16N4. The fraction of sp³-hybridized carbons (Fsp3) is 0.778. The van der Waals surface area contributed by atoms with Gasteiger partial charge in [-0.3, -0.25) is 0 Å². The number of hydrogen-bond acceptors (Lipinski definition) is 3. The summed E-state index contributed by atoms with van der Waals surface area (Å²) in [6, 6.07) is 1.18. The fourth-order valence-electron chi connectivity index (χ4n) is 1.35. The van der Waals surface area contributed by atoms with Crippen LogP contribution in [0.5, 0.6) is 0 Å². The second-order valence-corrected chi connectivity index (χ2v) is 3.92. The molecule has 1 aromatic rings. The van der Waals surface area contributed by atoms with E-state index in [2.05, 4.69) is 33.9 Å². The molecule has 2 rings (SSSR count). The Hall–Kier alpha value is -0.900. The van der Waals surface area contributed by atoms with Crippen molar-refractivity contribution in [3.05, 3.63) is 12.2 Å². The Bertz CT molecular complexity index is 275. The van der Waals surface area contributed by atoms with E-state index in [0.29, 0.717) is 12.1 Å². The van der Waals surface area contributed by atoms with Crippen molar-refractivity contribution >= 4 is 0 Å². The molecule has 0 bridgehead atoms. The highest BCUT2D eigenvalue weighted by Crippen LogP contribution is 2.35. The van der Waals surface area contributed by atoms with Crippen molar-refractivity contribution < 1.29 is 0 Å². The van der Waals surface area contributed by atoms with Gasteiger partial charge in [0, 0.05) is 12.1 Å². The van der Waals surface area contributed by atoms with Crippen LogP contribution in [0.15, 0.2) is 6.33 Å². The van der Waals surface area contributed by atoms with E-state index in [1.54, 1.807) is 0 Å². The molecule has 0 aromatic carbocycles. The van der Waals surface area contributed by atoms with Crippen LogP contribution in [0.3, 0.4) is 0 Å². The van der Waals surface area contributed by atoms with Gasteiger partial charge in [-0.1, -0.05) is 13.8 Å². The third-order valence-electron chi connectivity index (χ3n) is 2.26. The van der Waals surface area contributed by atoms with E-state index in [1.165, 1.54) is 12.8 Å². The first-order valence-corrected chi connectivity index (χ1v) is 4.89. The van der Waals surface area contributed by atoms with E-state index in [0.717, 1.165) is 12.4 Å². The molecule has 72 valence electrons. The first-order chi connectivity index (χ1) is 6.27. The van der Waals surface area contributed by atoms with Gasteiger partial charge >= 0.3 is 0 Å². The molecule has 1 fully saturated rings. The predicted molar refractivity (Wildman–Crippen MR) is 50.3 cm³/mol. The van der Waals surface area contributed by atoms with Gasteiger partial charge in [0.25, 0.3) is 0 Å². The first-order valence-electron chi connectivity index (χ1n) is 4.89. The summed E-state index contributed by atoms with van der Waals surface area (Å²) in [6.07, 6.45) is 4.41. The van der Waals surface area contributed by atoms with Gasteiger partial charge in [-0.25, -0.2) is 0 Å². The maximum Gasteiger partial charge on any atom is 0.147 e. The second kappa shape index (κ2) is 3.46. The Morgan fingerprint density at radius 1 is 1.62 bits per heavy atom. The van der Waals surface area contributed by atoms with Crippen molar-refractivity contribution in [2.75, 3.05) is 0 Å². The van der Waals surface area contributed by atoms with Crippen molar-refractivity contribution in [2.24, 2.45) is 0 Å². The molecule has 0 radical (unpaired) electrons. The SMILES string of the molecule is CC(C)NCc1nncn1C1CC1. The molecule has 1 saturated carbocycles. The van der Waals surface area contributed by atoms with Crippen molar-refractivity contribution in [1.82, 2.24) is 20.1 Å². The van der Waals surface area contributed by atoms with Gasteiger partial charge in [-0.2, -0.15) is 0 Å². The van der Waals surface area contributed by atoms with E-state index >= 15 is 0 Å². The Labute approximate surface area is 78.4 Å². The first kappa shape index (κ1) is 8.69. The predicted octanol–water partition coefficient (Wildman–Crippen LogP) is 1.11. The summed E-state index contributed by atoms with van der Waals surface area (Å²) in [7, 11) is 0. The number of aromatic nitrogens is 3.